The van der Waals surface area contributed by atoms with Crippen LogP contribution in [0.5, 0.6) is 5.75 Å². The summed E-state index contributed by atoms with van der Waals surface area (Å²) in [7, 11) is 0. The Kier molecular flexibility index (Phi) is 6.52. The number of nitrogens with zero attached hydrogens (tertiary/aromatic N) is 4. The Labute approximate surface area is 202 Å². The van der Waals surface area contributed by atoms with E-state index in [1.807, 2.05) is 42.5 Å². The lowest BCUT2D eigenvalue weighted by Gasteiger charge is -2.35. The van der Waals surface area contributed by atoms with E-state index in [1.54, 1.807) is 47.6 Å². The average molecular weight is 469 g/mol. The molecule has 35 heavy (non-hydrogen) atoms. The quantitative estimate of drug-likeness (QED) is 0.382. The third-order valence-electron chi connectivity index (χ3n) is 5.90. The molecule has 0 saturated carbocycles. The maximum atomic E-state index is 12.6. The number of hydrogen-bond donors (Lipinski definition) is 0. The fourth-order valence-corrected chi connectivity index (χ4v) is 3.93. The predicted molar refractivity (Wildman–Crippen MR) is 130 cm³/mol. The lowest BCUT2D eigenvalue weighted by molar-refractivity contribution is -0.133. The largest absolute Gasteiger partial charge is 0.484 e. The van der Waals surface area contributed by atoms with E-state index in [1.165, 1.54) is 0 Å². The summed E-state index contributed by atoms with van der Waals surface area (Å²) < 4.78 is 11.0. The lowest BCUT2D eigenvalue weighted by atomic mass is 10.0. The first kappa shape index (κ1) is 22.3. The molecule has 176 valence electrons. The Morgan fingerprint density at radius 2 is 1.54 bits per heavy atom. The van der Waals surface area contributed by atoms with Gasteiger partial charge in [-0.1, -0.05) is 30.3 Å². The Morgan fingerprint density at radius 3 is 2.20 bits per heavy atom. The molecule has 0 spiro atoms. The van der Waals surface area contributed by atoms with Crippen LogP contribution in [0, 0.1) is 0 Å². The zero-order chi connectivity index (χ0) is 24.0. The molecule has 3 heterocycles. The van der Waals surface area contributed by atoms with Crippen molar-refractivity contribution in [1.82, 2.24) is 15.1 Å². The molecule has 1 aliphatic heterocycles. The van der Waals surface area contributed by atoms with Crippen LogP contribution in [0.2, 0.25) is 0 Å². The van der Waals surface area contributed by atoms with Crippen molar-refractivity contribution in [2.45, 2.75) is 0 Å². The van der Waals surface area contributed by atoms with Gasteiger partial charge in [-0.15, -0.1) is 10.2 Å². The number of hydrogen-bond acceptors (Lipinski definition) is 7. The molecule has 0 radical (unpaired) electrons. The second-order valence-corrected chi connectivity index (χ2v) is 8.13. The summed E-state index contributed by atoms with van der Waals surface area (Å²) in [6.07, 6.45) is 1.60. The molecule has 0 atom stereocenters. The summed E-state index contributed by atoms with van der Waals surface area (Å²) in [5, 5.41) is 8.55. The van der Waals surface area contributed by atoms with E-state index in [-0.39, 0.29) is 18.3 Å². The zero-order valence-corrected chi connectivity index (χ0v) is 19.0. The third-order valence-corrected chi connectivity index (χ3v) is 5.90. The number of benzene rings is 2. The Hall–Kier alpha value is -4.46. The first-order valence-corrected chi connectivity index (χ1v) is 11.4. The normalized spacial score (nSPS) is 13.5. The number of rotatable bonds is 7. The van der Waals surface area contributed by atoms with Crippen LogP contribution in [-0.2, 0) is 4.79 Å². The summed E-state index contributed by atoms with van der Waals surface area (Å²) in [6, 6.07) is 23.4. The molecule has 8 heteroatoms. The molecule has 4 aromatic rings. The van der Waals surface area contributed by atoms with Crippen molar-refractivity contribution in [3.63, 3.8) is 0 Å². The van der Waals surface area contributed by atoms with Crippen LogP contribution >= 0.6 is 0 Å². The van der Waals surface area contributed by atoms with E-state index in [2.05, 4.69) is 15.1 Å². The van der Waals surface area contributed by atoms with Crippen molar-refractivity contribution in [3.05, 3.63) is 96.3 Å². The van der Waals surface area contributed by atoms with Crippen molar-refractivity contribution in [1.29, 1.82) is 0 Å². The summed E-state index contributed by atoms with van der Waals surface area (Å²) in [5.74, 6) is 1.87. The van der Waals surface area contributed by atoms with Gasteiger partial charge >= 0.3 is 0 Å². The lowest BCUT2D eigenvalue weighted by Crippen LogP contribution is -2.50. The van der Waals surface area contributed by atoms with Gasteiger partial charge in [0.15, 0.2) is 24.0 Å². The van der Waals surface area contributed by atoms with Gasteiger partial charge in [-0.25, -0.2) is 0 Å². The summed E-state index contributed by atoms with van der Waals surface area (Å²) in [4.78, 5) is 29.0. The van der Waals surface area contributed by atoms with Gasteiger partial charge in [0.1, 0.15) is 11.4 Å². The van der Waals surface area contributed by atoms with Gasteiger partial charge in [-0.3, -0.25) is 9.59 Å². The van der Waals surface area contributed by atoms with Gasteiger partial charge in [-0.05, 0) is 48.5 Å². The number of aromatic nitrogens is 2. The van der Waals surface area contributed by atoms with E-state index in [4.69, 9.17) is 9.15 Å². The van der Waals surface area contributed by atoms with Crippen molar-refractivity contribution in [3.8, 4) is 17.2 Å². The van der Waals surface area contributed by atoms with Gasteiger partial charge in [-0.2, -0.15) is 0 Å². The number of piperazine rings is 1. The van der Waals surface area contributed by atoms with Crippen LogP contribution in [-0.4, -0.2) is 59.6 Å². The number of amides is 1. The van der Waals surface area contributed by atoms with Gasteiger partial charge in [0.2, 0.25) is 0 Å². The fourth-order valence-electron chi connectivity index (χ4n) is 3.93. The number of furan rings is 1. The van der Waals surface area contributed by atoms with E-state index in [9.17, 15) is 9.59 Å². The molecule has 1 saturated heterocycles. The highest BCUT2D eigenvalue weighted by Gasteiger charge is 2.22. The standard InChI is InChI=1S/C27H24N4O4/c32-26(19-35-22-10-8-21(9-11-22)27(33)20-5-2-1-3-6-20)31-16-14-30(15-17-31)25-13-12-23(28-29-25)24-7-4-18-34-24/h1-13,18H,14-17,19H2. The molecule has 1 fully saturated rings. The van der Waals surface area contributed by atoms with E-state index in [0.29, 0.717) is 54.5 Å². The van der Waals surface area contributed by atoms with Gasteiger partial charge in [0, 0.05) is 37.3 Å². The molecule has 2 aromatic carbocycles. The van der Waals surface area contributed by atoms with Crippen LogP contribution < -0.4 is 9.64 Å². The molecule has 0 bridgehead atoms. The monoisotopic (exact) mass is 468 g/mol. The minimum absolute atomic E-state index is 0.0496. The highest BCUT2D eigenvalue weighted by molar-refractivity contribution is 6.09. The number of ketones is 1. The van der Waals surface area contributed by atoms with Crippen LogP contribution in [0.15, 0.2) is 89.5 Å². The predicted octanol–water partition coefficient (Wildman–Crippen LogP) is 3.70. The smallest absolute Gasteiger partial charge is 0.260 e. The second kappa shape index (κ2) is 10.2. The second-order valence-electron chi connectivity index (χ2n) is 8.13. The fraction of sp³-hybridized carbons (Fsp3) is 0.185. The molecule has 1 amide bonds. The van der Waals surface area contributed by atoms with E-state index < -0.39 is 0 Å². The SMILES string of the molecule is O=C(c1ccccc1)c1ccc(OCC(=O)N2CCN(c3ccc(-c4ccco4)nn3)CC2)cc1. The van der Waals surface area contributed by atoms with E-state index in [0.717, 1.165) is 5.82 Å². The molecular weight excluding hydrogens is 444 g/mol. The average Bonchev–Trinajstić information content (AvgIpc) is 3.48. The first-order chi connectivity index (χ1) is 17.2. The van der Waals surface area contributed by atoms with Crippen LogP contribution in [0.25, 0.3) is 11.5 Å². The molecular formula is C27H24N4O4. The van der Waals surface area contributed by atoms with E-state index >= 15 is 0 Å². The Bertz CT molecular complexity index is 1270. The third kappa shape index (κ3) is 5.22. The minimum atomic E-state index is -0.0756. The van der Waals surface area contributed by atoms with Crippen molar-refractivity contribution in [2.24, 2.45) is 0 Å². The molecule has 0 N–H and O–H groups in total. The summed E-state index contributed by atoms with van der Waals surface area (Å²) in [5.41, 5.74) is 1.89. The van der Waals surface area contributed by atoms with Gasteiger partial charge in [0.25, 0.3) is 5.91 Å². The maximum absolute atomic E-state index is 12.6. The van der Waals surface area contributed by atoms with Crippen LogP contribution in [0.1, 0.15) is 15.9 Å². The molecule has 8 nitrogen and oxygen atoms in total. The van der Waals surface area contributed by atoms with Crippen molar-refractivity contribution in [2.75, 3.05) is 37.7 Å². The van der Waals surface area contributed by atoms with Gasteiger partial charge in [0.05, 0.1) is 6.26 Å². The van der Waals surface area contributed by atoms with Crippen LogP contribution in [0.4, 0.5) is 5.82 Å². The molecule has 5 rings (SSSR count). The van der Waals surface area contributed by atoms with Crippen molar-refractivity contribution < 1.29 is 18.7 Å². The minimum Gasteiger partial charge on any atom is -0.484 e. The van der Waals surface area contributed by atoms with Crippen molar-refractivity contribution >= 4 is 17.5 Å². The highest BCUT2D eigenvalue weighted by atomic mass is 16.5. The molecule has 0 aliphatic carbocycles. The summed E-state index contributed by atoms with van der Waals surface area (Å²) >= 11 is 0. The zero-order valence-electron chi connectivity index (χ0n) is 19.0. The number of carbonyl (C=O) groups is 2. The number of ether oxygens (including phenoxy) is 1. The van der Waals surface area contributed by atoms with Gasteiger partial charge < -0.3 is 19.0 Å². The Balaban J connectivity index is 1.10. The topological polar surface area (TPSA) is 88.8 Å². The summed E-state index contributed by atoms with van der Waals surface area (Å²) in [6.45, 7) is 2.43. The maximum Gasteiger partial charge on any atom is 0.260 e. The highest BCUT2D eigenvalue weighted by Crippen LogP contribution is 2.20. The molecule has 2 aromatic heterocycles. The molecule has 1 aliphatic rings. The molecule has 0 unspecified atom stereocenters. The number of anilines is 1. The first-order valence-electron chi connectivity index (χ1n) is 11.4. The van der Waals surface area contributed by atoms with Crippen LogP contribution in [0.3, 0.4) is 0 Å². The Morgan fingerprint density at radius 1 is 0.800 bits per heavy atom. The number of carbonyl (C=O) groups excluding carboxylic acids is 2.